The number of rotatable bonds is 4. The summed E-state index contributed by atoms with van der Waals surface area (Å²) in [6.45, 7) is 1.76. The van der Waals surface area contributed by atoms with Crippen molar-refractivity contribution < 1.29 is 9.47 Å². The molecule has 4 aromatic heterocycles. The molecule has 0 atom stereocenters. The molecule has 9 nitrogen and oxygen atoms in total. The lowest BCUT2D eigenvalue weighted by atomic mass is 9.64. The van der Waals surface area contributed by atoms with Crippen molar-refractivity contribution in [2.24, 2.45) is 5.41 Å². The molecule has 6 rings (SSSR count). The molecule has 0 amide bonds. The summed E-state index contributed by atoms with van der Waals surface area (Å²) in [6, 6.07) is 2.38. The second kappa shape index (κ2) is 5.65. The molecule has 0 aromatic carbocycles. The average Bonchev–Trinajstić information content (AvgIpc) is 3.28. The number of nitrogens with zero attached hydrogens (tertiary/aromatic N) is 6. The summed E-state index contributed by atoms with van der Waals surface area (Å²) in [5.41, 5.74) is 3.11. The number of hydrogen-bond donors (Lipinski definition) is 1. The van der Waals surface area contributed by atoms with Crippen LogP contribution in [0.15, 0.2) is 37.1 Å². The maximum Gasteiger partial charge on any atom is 0.244 e. The molecular formula is C19H19N7O2. The summed E-state index contributed by atoms with van der Waals surface area (Å²) in [7, 11) is 1.63. The molecular weight excluding hydrogens is 358 g/mol. The van der Waals surface area contributed by atoms with E-state index < -0.39 is 0 Å². The van der Waals surface area contributed by atoms with E-state index in [-0.39, 0.29) is 0 Å². The van der Waals surface area contributed by atoms with Gasteiger partial charge in [-0.2, -0.15) is 4.98 Å². The molecule has 142 valence electrons. The van der Waals surface area contributed by atoms with Crippen molar-refractivity contribution in [3.05, 3.63) is 37.1 Å². The third kappa shape index (κ3) is 2.29. The summed E-state index contributed by atoms with van der Waals surface area (Å²) >= 11 is 0. The molecule has 2 aliphatic rings. The first-order valence-corrected chi connectivity index (χ1v) is 9.30. The number of methoxy groups -OCH3 is 1. The second-order valence-electron chi connectivity index (χ2n) is 7.69. The van der Waals surface area contributed by atoms with Crippen molar-refractivity contribution in [2.75, 3.05) is 25.6 Å². The Kier molecular flexibility index (Phi) is 3.19. The highest BCUT2D eigenvalue weighted by Crippen LogP contribution is 2.47. The third-order valence-electron chi connectivity index (χ3n) is 5.74. The summed E-state index contributed by atoms with van der Waals surface area (Å²) in [5.74, 6) is 1.77. The van der Waals surface area contributed by atoms with E-state index in [1.807, 2.05) is 33.6 Å². The third-order valence-corrected chi connectivity index (χ3v) is 5.74. The van der Waals surface area contributed by atoms with Crippen LogP contribution in [0.1, 0.15) is 12.8 Å². The van der Waals surface area contributed by atoms with Gasteiger partial charge in [-0.15, -0.1) is 5.10 Å². The lowest BCUT2D eigenvalue weighted by molar-refractivity contribution is -0.160. The number of nitrogens with one attached hydrogen (secondary N) is 1. The SMILES string of the molecule is COc1nc(NC2CC3(COC3)C2)nn2ccc(-c3cnc4nccn4c3)c12. The van der Waals surface area contributed by atoms with E-state index in [1.165, 1.54) is 0 Å². The summed E-state index contributed by atoms with van der Waals surface area (Å²) < 4.78 is 14.6. The Bertz CT molecular complexity index is 1190. The predicted octanol–water partition coefficient (Wildman–Crippen LogP) is 2.04. The standard InChI is InChI=1S/C19H19N7O2/c1-27-16-15-14(12-8-21-18-20-3-5-25(18)9-12)2-4-26(15)24-17(23-16)22-13-6-19(7-13)10-28-11-19/h2-5,8-9,13H,6-7,10-11H2,1H3,(H,22,24). The van der Waals surface area contributed by atoms with Crippen molar-refractivity contribution in [3.8, 4) is 17.0 Å². The van der Waals surface area contributed by atoms with Gasteiger partial charge in [0.25, 0.3) is 0 Å². The van der Waals surface area contributed by atoms with Gasteiger partial charge in [0.05, 0.1) is 20.3 Å². The molecule has 1 N–H and O–H groups in total. The minimum Gasteiger partial charge on any atom is -0.479 e. The van der Waals surface area contributed by atoms with E-state index in [9.17, 15) is 0 Å². The van der Waals surface area contributed by atoms with E-state index >= 15 is 0 Å². The number of imidazole rings is 1. The quantitative estimate of drug-likeness (QED) is 0.582. The van der Waals surface area contributed by atoms with Crippen LogP contribution in [-0.2, 0) is 4.74 Å². The zero-order valence-electron chi connectivity index (χ0n) is 15.4. The van der Waals surface area contributed by atoms with E-state index in [4.69, 9.17) is 9.47 Å². The van der Waals surface area contributed by atoms with Crippen LogP contribution in [0, 0.1) is 5.41 Å². The van der Waals surface area contributed by atoms with Gasteiger partial charge in [0.15, 0.2) is 0 Å². The Hall–Kier alpha value is -3.20. The number of aromatic nitrogens is 6. The van der Waals surface area contributed by atoms with Crippen LogP contribution in [0.5, 0.6) is 5.88 Å². The number of ether oxygens (including phenoxy) is 2. The first kappa shape index (κ1) is 15.8. The van der Waals surface area contributed by atoms with Gasteiger partial charge >= 0.3 is 0 Å². The van der Waals surface area contributed by atoms with Gasteiger partial charge in [-0.05, 0) is 18.9 Å². The predicted molar refractivity (Wildman–Crippen MR) is 101 cm³/mol. The van der Waals surface area contributed by atoms with Crippen molar-refractivity contribution in [3.63, 3.8) is 0 Å². The van der Waals surface area contributed by atoms with Gasteiger partial charge < -0.3 is 14.8 Å². The second-order valence-corrected chi connectivity index (χ2v) is 7.69. The lowest BCUT2D eigenvalue weighted by Crippen LogP contribution is -2.56. The molecule has 9 heteroatoms. The zero-order valence-corrected chi connectivity index (χ0v) is 15.4. The largest absolute Gasteiger partial charge is 0.479 e. The van der Waals surface area contributed by atoms with Crippen LogP contribution in [0.3, 0.4) is 0 Å². The average molecular weight is 377 g/mol. The Morgan fingerprint density at radius 1 is 1.25 bits per heavy atom. The van der Waals surface area contributed by atoms with Gasteiger partial charge in [0.1, 0.15) is 5.52 Å². The van der Waals surface area contributed by atoms with Crippen molar-refractivity contribution in [1.29, 1.82) is 0 Å². The van der Waals surface area contributed by atoms with Gasteiger partial charge in [-0.25, -0.2) is 14.5 Å². The Balaban J connectivity index is 1.36. The molecule has 0 unspecified atom stereocenters. The topological polar surface area (TPSA) is 90.9 Å². The van der Waals surface area contributed by atoms with Crippen LogP contribution in [0.4, 0.5) is 5.95 Å². The van der Waals surface area contributed by atoms with E-state index in [2.05, 4.69) is 25.4 Å². The van der Waals surface area contributed by atoms with Crippen molar-refractivity contribution in [2.45, 2.75) is 18.9 Å². The normalized spacial score (nSPS) is 18.3. The maximum atomic E-state index is 5.60. The highest BCUT2D eigenvalue weighted by molar-refractivity contribution is 5.84. The molecule has 0 bridgehead atoms. The van der Waals surface area contributed by atoms with Crippen LogP contribution in [0.2, 0.25) is 0 Å². The molecule has 1 aliphatic carbocycles. The molecule has 4 aromatic rings. The van der Waals surface area contributed by atoms with E-state index in [1.54, 1.807) is 19.5 Å². The van der Waals surface area contributed by atoms with Crippen LogP contribution in [0.25, 0.3) is 22.4 Å². The number of hydrogen-bond acceptors (Lipinski definition) is 7. The molecule has 2 fully saturated rings. The first-order valence-electron chi connectivity index (χ1n) is 9.30. The van der Waals surface area contributed by atoms with Gasteiger partial charge in [0.2, 0.25) is 17.6 Å². The highest BCUT2D eigenvalue weighted by atomic mass is 16.5. The number of fused-ring (bicyclic) bond motifs is 2. The molecule has 1 spiro atoms. The lowest BCUT2D eigenvalue weighted by Gasteiger charge is -2.53. The first-order chi connectivity index (χ1) is 13.7. The number of anilines is 1. The fraction of sp³-hybridized carbons (Fsp3) is 0.368. The molecule has 0 radical (unpaired) electrons. The van der Waals surface area contributed by atoms with Gasteiger partial charge in [-0.1, -0.05) is 0 Å². The highest BCUT2D eigenvalue weighted by Gasteiger charge is 2.50. The van der Waals surface area contributed by atoms with E-state index in [0.29, 0.717) is 29.1 Å². The molecule has 5 heterocycles. The monoisotopic (exact) mass is 377 g/mol. The summed E-state index contributed by atoms with van der Waals surface area (Å²) in [6.07, 6.45) is 11.5. The fourth-order valence-electron chi connectivity index (χ4n) is 4.28. The summed E-state index contributed by atoms with van der Waals surface area (Å²) in [4.78, 5) is 13.2. The molecule has 1 aliphatic heterocycles. The van der Waals surface area contributed by atoms with Crippen LogP contribution in [-0.4, -0.2) is 55.3 Å². The van der Waals surface area contributed by atoms with Gasteiger partial charge in [0, 0.05) is 53.6 Å². The Morgan fingerprint density at radius 3 is 2.93 bits per heavy atom. The van der Waals surface area contributed by atoms with Gasteiger partial charge in [-0.3, -0.25) is 4.40 Å². The zero-order chi connectivity index (χ0) is 18.7. The Morgan fingerprint density at radius 2 is 2.14 bits per heavy atom. The minimum absolute atomic E-state index is 0.383. The van der Waals surface area contributed by atoms with Crippen molar-refractivity contribution in [1.82, 2.24) is 29.0 Å². The summed E-state index contributed by atoms with van der Waals surface area (Å²) in [5, 5.41) is 8.07. The fourth-order valence-corrected chi connectivity index (χ4v) is 4.28. The smallest absolute Gasteiger partial charge is 0.244 e. The van der Waals surface area contributed by atoms with Crippen molar-refractivity contribution >= 4 is 17.2 Å². The van der Waals surface area contributed by atoms with Crippen LogP contribution >= 0.6 is 0 Å². The van der Waals surface area contributed by atoms with E-state index in [0.717, 1.165) is 42.7 Å². The molecule has 28 heavy (non-hydrogen) atoms. The molecule has 1 saturated carbocycles. The minimum atomic E-state index is 0.383. The molecule has 1 saturated heterocycles. The Labute approximate surface area is 160 Å². The van der Waals surface area contributed by atoms with Crippen LogP contribution < -0.4 is 10.1 Å². The maximum absolute atomic E-state index is 5.60.